The van der Waals surface area contributed by atoms with E-state index in [1.165, 1.54) is 19.1 Å². The molecule has 0 bridgehead atoms. The molecule has 116 valence electrons. The molecule has 1 amide bonds. The predicted molar refractivity (Wildman–Crippen MR) is 81.4 cm³/mol. The van der Waals surface area contributed by atoms with Crippen LogP contribution in [0.1, 0.15) is 25.3 Å². The maximum atomic E-state index is 12.4. The molecular weight excluding hydrogens is 290 g/mol. The van der Waals surface area contributed by atoms with Crippen LogP contribution in [0.2, 0.25) is 0 Å². The first-order valence-electron chi connectivity index (χ1n) is 6.94. The Labute approximate surface area is 125 Å². The zero-order valence-corrected chi connectivity index (χ0v) is 13.0. The first kappa shape index (κ1) is 15.9. The van der Waals surface area contributed by atoms with Gasteiger partial charge in [0.25, 0.3) is 0 Å². The number of hydrogen-bond acceptors (Lipinski definition) is 4. The lowest BCUT2D eigenvalue weighted by atomic mass is 10.2. The van der Waals surface area contributed by atoms with Crippen molar-refractivity contribution < 1.29 is 13.2 Å². The van der Waals surface area contributed by atoms with Crippen LogP contribution in [0.3, 0.4) is 0 Å². The Balaban J connectivity index is 2.24. The molecule has 1 aliphatic carbocycles. The summed E-state index contributed by atoms with van der Waals surface area (Å²) in [7, 11) is -3.63. The number of sulfonamides is 1. The number of nitrogens with two attached hydrogens (primary N) is 1. The van der Waals surface area contributed by atoms with Gasteiger partial charge >= 0.3 is 0 Å². The number of carbonyl (C=O) groups is 1. The lowest BCUT2D eigenvalue weighted by Crippen LogP contribution is -2.41. The zero-order chi connectivity index (χ0) is 15.6. The summed E-state index contributed by atoms with van der Waals surface area (Å²) in [5.41, 5.74) is 6.94. The molecule has 0 aromatic heterocycles. The Bertz CT molecular complexity index is 639. The molecule has 6 nitrogen and oxygen atoms in total. The second-order valence-corrected chi connectivity index (χ2v) is 7.17. The summed E-state index contributed by atoms with van der Waals surface area (Å²) in [5.74, 6) is 0.100. The van der Waals surface area contributed by atoms with E-state index in [1.807, 2.05) is 6.92 Å². The molecule has 1 aliphatic rings. The Hall–Kier alpha value is -1.44. The highest BCUT2D eigenvalue weighted by Gasteiger charge is 2.33. The van der Waals surface area contributed by atoms with E-state index >= 15 is 0 Å². The van der Waals surface area contributed by atoms with Crippen molar-refractivity contribution in [2.24, 2.45) is 11.7 Å². The van der Waals surface area contributed by atoms with Gasteiger partial charge < -0.3 is 11.1 Å². The van der Waals surface area contributed by atoms with E-state index < -0.39 is 10.0 Å². The third-order valence-corrected chi connectivity index (χ3v) is 5.07. The smallest absolute Gasteiger partial charge is 0.240 e. The Morgan fingerprint density at radius 3 is 2.62 bits per heavy atom. The molecule has 1 saturated carbocycles. The van der Waals surface area contributed by atoms with Crippen LogP contribution in [0.5, 0.6) is 0 Å². The topological polar surface area (TPSA) is 101 Å². The maximum Gasteiger partial charge on any atom is 0.240 e. The third-order valence-electron chi connectivity index (χ3n) is 3.58. The van der Waals surface area contributed by atoms with Gasteiger partial charge in [0.2, 0.25) is 15.9 Å². The summed E-state index contributed by atoms with van der Waals surface area (Å²) in [6.07, 6.45) is 2.02. The lowest BCUT2D eigenvalue weighted by molar-refractivity contribution is -0.114. The lowest BCUT2D eigenvalue weighted by Gasteiger charge is -2.17. The van der Waals surface area contributed by atoms with Crippen LogP contribution >= 0.6 is 0 Å². The molecule has 1 unspecified atom stereocenters. The van der Waals surface area contributed by atoms with Gasteiger partial charge in [-0.1, -0.05) is 6.07 Å². The van der Waals surface area contributed by atoms with Gasteiger partial charge in [-0.2, -0.15) is 0 Å². The van der Waals surface area contributed by atoms with Crippen molar-refractivity contribution in [2.45, 2.75) is 37.6 Å². The SMILES string of the molecule is CC(=O)Nc1cc(S(=O)(=O)NC(CN)C2CC2)ccc1C. The molecule has 0 radical (unpaired) electrons. The second kappa shape index (κ2) is 6.13. The number of amides is 1. The van der Waals surface area contributed by atoms with Gasteiger partial charge in [0.1, 0.15) is 0 Å². The molecule has 0 spiro atoms. The molecule has 0 heterocycles. The van der Waals surface area contributed by atoms with Crippen molar-refractivity contribution in [2.75, 3.05) is 11.9 Å². The summed E-state index contributed by atoms with van der Waals surface area (Å²) in [5, 5.41) is 2.63. The number of anilines is 1. The average molecular weight is 311 g/mol. The van der Waals surface area contributed by atoms with Gasteiger partial charge in [0.15, 0.2) is 0 Å². The van der Waals surface area contributed by atoms with Crippen LogP contribution in [-0.2, 0) is 14.8 Å². The predicted octanol–water partition coefficient (Wildman–Crippen LogP) is 0.969. The molecular formula is C14H21N3O3S. The number of aryl methyl sites for hydroxylation is 1. The van der Waals surface area contributed by atoms with Crippen molar-refractivity contribution in [1.29, 1.82) is 0 Å². The fraction of sp³-hybridized carbons (Fsp3) is 0.500. The van der Waals surface area contributed by atoms with Crippen LogP contribution in [0.25, 0.3) is 0 Å². The fourth-order valence-electron chi connectivity index (χ4n) is 2.20. The molecule has 4 N–H and O–H groups in total. The molecule has 1 fully saturated rings. The highest BCUT2D eigenvalue weighted by Crippen LogP contribution is 2.33. The highest BCUT2D eigenvalue weighted by molar-refractivity contribution is 7.89. The fourth-order valence-corrected chi connectivity index (χ4v) is 3.54. The quantitative estimate of drug-likeness (QED) is 0.728. The Kier molecular flexibility index (Phi) is 4.65. The van der Waals surface area contributed by atoms with Crippen molar-refractivity contribution >= 4 is 21.6 Å². The number of hydrogen-bond donors (Lipinski definition) is 3. The van der Waals surface area contributed by atoms with Gasteiger partial charge in [-0.25, -0.2) is 13.1 Å². The summed E-state index contributed by atoms with van der Waals surface area (Å²) >= 11 is 0. The molecule has 0 aliphatic heterocycles. The average Bonchev–Trinajstić information content (AvgIpc) is 3.22. The molecule has 1 aromatic rings. The van der Waals surface area contributed by atoms with Crippen molar-refractivity contribution in [3.05, 3.63) is 23.8 Å². The molecule has 1 atom stereocenters. The van der Waals surface area contributed by atoms with Gasteiger partial charge in [-0.15, -0.1) is 0 Å². The number of nitrogens with one attached hydrogen (secondary N) is 2. The van der Waals surface area contributed by atoms with E-state index in [2.05, 4.69) is 10.0 Å². The largest absolute Gasteiger partial charge is 0.329 e. The standard InChI is InChI=1S/C14H21N3O3S/c1-9-3-6-12(7-13(9)16-10(2)18)21(19,20)17-14(8-15)11-4-5-11/h3,6-7,11,14,17H,4-5,8,15H2,1-2H3,(H,16,18). The Morgan fingerprint density at radius 1 is 1.43 bits per heavy atom. The minimum absolute atomic E-state index is 0.135. The van der Waals surface area contributed by atoms with Gasteiger partial charge in [-0.3, -0.25) is 4.79 Å². The molecule has 21 heavy (non-hydrogen) atoms. The van der Waals surface area contributed by atoms with E-state index in [0.29, 0.717) is 11.6 Å². The first-order chi connectivity index (χ1) is 9.83. The monoisotopic (exact) mass is 311 g/mol. The first-order valence-corrected chi connectivity index (χ1v) is 8.42. The molecule has 2 rings (SSSR count). The minimum Gasteiger partial charge on any atom is -0.329 e. The van der Waals surface area contributed by atoms with E-state index in [4.69, 9.17) is 5.73 Å². The summed E-state index contributed by atoms with van der Waals surface area (Å²) in [6.45, 7) is 3.48. The second-order valence-electron chi connectivity index (χ2n) is 5.46. The maximum absolute atomic E-state index is 12.4. The summed E-state index contributed by atoms with van der Waals surface area (Å²) in [6, 6.07) is 4.46. The number of carbonyl (C=O) groups excluding carboxylic acids is 1. The number of rotatable bonds is 6. The van der Waals surface area contributed by atoms with E-state index in [0.717, 1.165) is 18.4 Å². The van der Waals surface area contributed by atoms with Crippen LogP contribution in [-0.4, -0.2) is 26.9 Å². The summed E-state index contributed by atoms with van der Waals surface area (Å²) in [4.78, 5) is 11.3. The van der Waals surface area contributed by atoms with Crippen LogP contribution in [0.15, 0.2) is 23.1 Å². The molecule has 1 aromatic carbocycles. The van der Waals surface area contributed by atoms with E-state index in [-0.39, 0.29) is 23.4 Å². The highest BCUT2D eigenvalue weighted by atomic mass is 32.2. The van der Waals surface area contributed by atoms with E-state index in [1.54, 1.807) is 6.07 Å². The molecule has 0 saturated heterocycles. The summed E-state index contributed by atoms with van der Waals surface area (Å²) < 4.78 is 27.5. The molecule has 7 heteroatoms. The minimum atomic E-state index is -3.63. The normalized spacial score (nSPS) is 16.5. The van der Waals surface area contributed by atoms with Crippen LogP contribution in [0.4, 0.5) is 5.69 Å². The van der Waals surface area contributed by atoms with Crippen molar-refractivity contribution in [3.63, 3.8) is 0 Å². The number of benzene rings is 1. The van der Waals surface area contributed by atoms with Crippen LogP contribution < -0.4 is 15.8 Å². The van der Waals surface area contributed by atoms with Gasteiger partial charge in [-0.05, 0) is 43.4 Å². The zero-order valence-electron chi connectivity index (χ0n) is 12.2. The van der Waals surface area contributed by atoms with Crippen molar-refractivity contribution in [3.8, 4) is 0 Å². The van der Waals surface area contributed by atoms with Crippen molar-refractivity contribution in [1.82, 2.24) is 4.72 Å². The van der Waals surface area contributed by atoms with E-state index in [9.17, 15) is 13.2 Å². The third kappa shape index (κ3) is 4.03. The van der Waals surface area contributed by atoms with Gasteiger partial charge in [0.05, 0.1) is 4.90 Å². The van der Waals surface area contributed by atoms with Crippen LogP contribution in [0, 0.1) is 12.8 Å². The van der Waals surface area contributed by atoms with Gasteiger partial charge in [0, 0.05) is 25.2 Å². The Morgan fingerprint density at radius 2 is 2.10 bits per heavy atom.